The first-order valence-corrected chi connectivity index (χ1v) is 11.8. The van der Waals surface area contributed by atoms with Crippen molar-refractivity contribution < 1.29 is 17.9 Å². The van der Waals surface area contributed by atoms with Gasteiger partial charge in [0, 0.05) is 20.1 Å². The highest BCUT2D eigenvalue weighted by atomic mass is 32.2. The first kappa shape index (κ1) is 24.8. The van der Waals surface area contributed by atoms with Crippen LogP contribution in [0.25, 0.3) is 0 Å². The summed E-state index contributed by atoms with van der Waals surface area (Å²) in [5, 5.41) is 6.08. The van der Waals surface area contributed by atoms with Crippen molar-refractivity contribution in [2.75, 3.05) is 33.1 Å². The third kappa shape index (κ3) is 6.29. The van der Waals surface area contributed by atoms with Crippen LogP contribution in [-0.2, 0) is 21.2 Å². The zero-order valence-corrected chi connectivity index (χ0v) is 19.9. The average molecular weight is 448 g/mol. The SMILES string of the molecule is CCc1ccc([C@@H](NCC(=O)Nc2cc(S(=O)(=O)N(C)C)ccc2OC)C(C)C)cc1. The van der Waals surface area contributed by atoms with Crippen molar-refractivity contribution >= 4 is 21.6 Å². The fourth-order valence-corrected chi connectivity index (χ4v) is 4.18. The minimum atomic E-state index is -3.63. The number of carbonyl (C=O) groups excluding carboxylic acids is 1. The van der Waals surface area contributed by atoms with Crippen molar-refractivity contribution in [3.8, 4) is 5.75 Å². The number of nitrogens with one attached hydrogen (secondary N) is 2. The van der Waals surface area contributed by atoms with Crippen LogP contribution in [-0.4, -0.2) is 46.4 Å². The number of hydrogen-bond donors (Lipinski definition) is 2. The Morgan fingerprint density at radius 2 is 1.74 bits per heavy atom. The fourth-order valence-electron chi connectivity index (χ4n) is 3.25. The molecule has 1 atom stereocenters. The Balaban J connectivity index is 2.15. The van der Waals surface area contributed by atoms with Crippen LogP contribution >= 0.6 is 0 Å². The van der Waals surface area contributed by atoms with Crippen molar-refractivity contribution in [1.82, 2.24) is 9.62 Å². The van der Waals surface area contributed by atoms with Crippen molar-refractivity contribution in [3.63, 3.8) is 0 Å². The molecule has 31 heavy (non-hydrogen) atoms. The molecule has 0 aliphatic carbocycles. The van der Waals surface area contributed by atoms with Gasteiger partial charge in [0.15, 0.2) is 0 Å². The van der Waals surface area contributed by atoms with Gasteiger partial charge >= 0.3 is 0 Å². The predicted molar refractivity (Wildman–Crippen MR) is 124 cm³/mol. The molecule has 1 amide bonds. The van der Waals surface area contributed by atoms with Gasteiger partial charge in [0.1, 0.15) is 5.75 Å². The lowest BCUT2D eigenvalue weighted by molar-refractivity contribution is -0.115. The van der Waals surface area contributed by atoms with Crippen molar-refractivity contribution in [3.05, 3.63) is 53.6 Å². The molecule has 0 spiro atoms. The van der Waals surface area contributed by atoms with E-state index in [2.05, 4.69) is 55.7 Å². The van der Waals surface area contributed by atoms with Crippen LogP contribution in [0.3, 0.4) is 0 Å². The Morgan fingerprint density at radius 1 is 1.10 bits per heavy atom. The normalized spacial score (nSPS) is 12.8. The molecule has 0 saturated heterocycles. The standard InChI is InChI=1S/C23H33N3O4S/c1-7-17-8-10-18(11-9-17)23(16(2)3)24-15-22(27)25-20-14-19(12-13-21(20)30-6)31(28,29)26(4)5/h8-14,16,23-24H,7,15H2,1-6H3,(H,25,27)/t23-/m0/s1. The monoisotopic (exact) mass is 447 g/mol. The van der Waals surface area contributed by atoms with Gasteiger partial charge in [-0.3, -0.25) is 4.79 Å². The van der Waals surface area contributed by atoms with Gasteiger partial charge < -0.3 is 15.4 Å². The number of aryl methyl sites for hydroxylation is 1. The average Bonchev–Trinajstić information content (AvgIpc) is 2.73. The summed E-state index contributed by atoms with van der Waals surface area (Å²) in [5.41, 5.74) is 2.70. The summed E-state index contributed by atoms with van der Waals surface area (Å²) in [7, 11) is 0.761. The van der Waals surface area contributed by atoms with Crippen LogP contribution in [0, 0.1) is 5.92 Å². The molecule has 7 nitrogen and oxygen atoms in total. The molecule has 0 aliphatic rings. The number of rotatable bonds is 10. The van der Waals surface area contributed by atoms with E-state index in [1.54, 1.807) is 0 Å². The van der Waals surface area contributed by atoms with Gasteiger partial charge in [-0.05, 0) is 41.7 Å². The highest BCUT2D eigenvalue weighted by molar-refractivity contribution is 7.89. The molecule has 0 saturated carbocycles. The zero-order chi connectivity index (χ0) is 23.2. The van der Waals surface area contributed by atoms with Gasteiger partial charge in [0.25, 0.3) is 0 Å². The third-order valence-electron chi connectivity index (χ3n) is 5.12. The number of anilines is 1. The molecule has 0 aliphatic heterocycles. The second-order valence-corrected chi connectivity index (χ2v) is 10.0. The first-order valence-electron chi connectivity index (χ1n) is 10.3. The summed E-state index contributed by atoms with van der Waals surface area (Å²) < 4.78 is 31.3. The molecule has 0 heterocycles. The third-order valence-corrected chi connectivity index (χ3v) is 6.93. The smallest absolute Gasteiger partial charge is 0.242 e. The number of hydrogen-bond acceptors (Lipinski definition) is 5. The van der Waals surface area contributed by atoms with Gasteiger partial charge in [-0.15, -0.1) is 0 Å². The Bertz CT molecular complexity index is 986. The van der Waals surface area contributed by atoms with E-state index in [1.807, 2.05) is 0 Å². The summed E-state index contributed by atoms with van der Waals surface area (Å²) in [5.74, 6) is 0.388. The molecule has 0 fully saturated rings. The van der Waals surface area contributed by atoms with E-state index in [1.165, 1.54) is 45.0 Å². The number of nitrogens with zero attached hydrogens (tertiary/aromatic N) is 1. The van der Waals surface area contributed by atoms with Crippen LogP contribution < -0.4 is 15.4 Å². The van der Waals surface area contributed by atoms with Gasteiger partial charge in [-0.25, -0.2) is 12.7 Å². The molecule has 0 bridgehead atoms. The van der Waals surface area contributed by atoms with Crippen molar-refractivity contribution in [2.45, 2.75) is 38.1 Å². The molecule has 2 N–H and O–H groups in total. The second kappa shape index (κ2) is 10.7. The number of benzene rings is 2. The first-order chi connectivity index (χ1) is 14.6. The number of methoxy groups -OCH3 is 1. The van der Waals surface area contributed by atoms with Gasteiger partial charge in [0.05, 0.1) is 24.2 Å². The molecule has 2 aromatic carbocycles. The number of ether oxygens (including phenoxy) is 1. The second-order valence-electron chi connectivity index (χ2n) is 7.90. The maximum absolute atomic E-state index is 12.6. The predicted octanol–water partition coefficient (Wildman–Crippen LogP) is 3.43. The summed E-state index contributed by atoms with van der Waals surface area (Å²) >= 11 is 0. The van der Waals surface area contributed by atoms with E-state index >= 15 is 0 Å². The van der Waals surface area contributed by atoms with Gasteiger partial charge in [0.2, 0.25) is 15.9 Å². The van der Waals surface area contributed by atoms with Crippen LogP contribution in [0.15, 0.2) is 47.4 Å². The summed E-state index contributed by atoms with van der Waals surface area (Å²) in [4.78, 5) is 12.7. The largest absolute Gasteiger partial charge is 0.495 e. The van der Waals surface area contributed by atoms with Gasteiger partial charge in [-0.1, -0.05) is 45.0 Å². The Labute approximate surface area is 185 Å². The lowest BCUT2D eigenvalue weighted by Gasteiger charge is -2.23. The molecule has 2 aromatic rings. The Morgan fingerprint density at radius 3 is 2.26 bits per heavy atom. The lowest BCUT2D eigenvalue weighted by Crippen LogP contribution is -2.33. The van der Waals surface area contributed by atoms with E-state index in [-0.39, 0.29) is 29.3 Å². The van der Waals surface area contributed by atoms with E-state index in [9.17, 15) is 13.2 Å². The summed E-state index contributed by atoms with van der Waals surface area (Å²) in [6.45, 7) is 6.39. The topological polar surface area (TPSA) is 87.7 Å². The van der Waals surface area contributed by atoms with E-state index < -0.39 is 10.0 Å². The van der Waals surface area contributed by atoms with Crippen LogP contribution in [0.2, 0.25) is 0 Å². The van der Waals surface area contributed by atoms with E-state index in [0.717, 1.165) is 16.3 Å². The quantitative estimate of drug-likeness (QED) is 0.583. The fraction of sp³-hybridized carbons (Fsp3) is 0.435. The highest BCUT2D eigenvalue weighted by Crippen LogP contribution is 2.28. The van der Waals surface area contributed by atoms with Crippen LogP contribution in [0.4, 0.5) is 5.69 Å². The summed E-state index contributed by atoms with van der Waals surface area (Å²) in [6, 6.07) is 12.8. The molecular weight excluding hydrogens is 414 g/mol. The molecule has 8 heteroatoms. The molecular formula is C23H33N3O4S. The molecule has 170 valence electrons. The number of amides is 1. The molecule has 0 unspecified atom stereocenters. The van der Waals surface area contributed by atoms with E-state index in [0.29, 0.717) is 11.4 Å². The van der Waals surface area contributed by atoms with E-state index in [4.69, 9.17) is 4.74 Å². The number of sulfonamides is 1. The number of carbonyl (C=O) groups is 1. The van der Waals surface area contributed by atoms with Crippen molar-refractivity contribution in [1.29, 1.82) is 0 Å². The molecule has 0 radical (unpaired) electrons. The Kier molecular flexibility index (Phi) is 8.61. The van der Waals surface area contributed by atoms with Crippen LogP contribution in [0.1, 0.15) is 37.9 Å². The minimum absolute atomic E-state index is 0.0130. The maximum atomic E-state index is 12.6. The highest BCUT2D eigenvalue weighted by Gasteiger charge is 2.21. The summed E-state index contributed by atoms with van der Waals surface area (Å²) in [6.07, 6.45) is 0.979. The molecule has 0 aromatic heterocycles. The minimum Gasteiger partial charge on any atom is -0.495 e. The zero-order valence-electron chi connectivity index (χ0n) is 19.1. The van der Waals surface area contributed by atoms with Crippen molar-refractivity contribution in [2.24, 2.45) is 5.92 Å². The lowest BCUT2D eigenvalue weighted by atomic mass is 9.95. The van der Waals surface area contributed by atoms with Crippen LogP contribution in [0.5, 0.6) is 5.75 Å². The van der Waals surface area contributed by atoms with Gasteiger partial charge in [-0.2, -0.15) is 0 Å². The molecule has 2 rings (SSSR count). The Hall–Kier alpha value is -2.42. The maximum Gasteiger partial charge on any atom is 0.242 e.